The van der Waals surface area contributed by atoms with Crippen molar-refractivity contribution >= 4 is 0 Å². The van der Waals surface area contributed by atoms with E-state index in [1.54, 1.807) is 0 Å². The maximum absolute atomic E-state index is 13.1. The van der Waals surface area contributed by atoms with Crippen molar-refractivity contribution in [3.8, 4) is 16.9 Å². The van der Waals surface area contributed by atoms with Crippen molar-refractivity contribution in [2.75, 3.05) is 0 Å². The summed E-state index contributed by atoms with van der Waals surface area (Å²) in [6.45, 7) is -0.359. The van der Waals surface area contributed by atoms with Gasteiger partial charge in [0.2, 0.25) is 0 Å². The fourth-order valence-corrected chi connectivity index (χ4v) is 1.67. The summed E-state index contributed by atoms with van der Waals surface area (Å²) >= 11 is 0. The third-order valence-corrected chi connectivity index (χ3v) is 2.47. The molecule has 0 aliphatic heterocycles. The van der Waals surface area contributed by atoms with Crippen LogP contribution in [0.4, 0.5) is 17.6 Å². The molecule has 0 aliphatic carbocycles. The van der Waals surface area contributed by atoms with E-state index in [2.05, 4.69) is 9.72 Å². The van der Waals surface area contributed by atoms with Gasteiger partial charge in [-0.15, -0.1) is 13.2 Å². The van der Waals surface area contributed by atoms with E-state index in [0.717, 1.165) is 18.3 Å². The minimum atomic E-state index is -4.86. The van der Waals surface area contributed by atoms with Crippen molar-refractivity contribution in [1.29, 1.82) is 0 Å². The molecule has 3 nitrogen and oxygen atoms in total. The number of nitrogens with zero attached hydrogens (tertiary/aromatic N) is 1. The summed E-state index contributed by atoms with van der Waals surface area (Å²) in [5.41, 5.74) is 0.499. The lowest BCUT2D eigenvalue weighted by Gasteiger charge is -2.14. The normalized spacial score (nSPS) is 11.4. The first-order valence-electron chi connectivity index (χ1n) is 5.49. The van der Waals surface area contributed by atoms with Crippen LogP contribution in [0.3, 0.4) is 0 Å². The second-order valence-electron chi connectivity index (χ2n) is 3.93. The number of halogens is 4. The average molecular weight is 287 g/mol. The Bertz CT molecular complexity index is 614. The lowest BCUT2D eigenvalue weighted by Crippen LogP contribution is -2.17. The van der Waals surface area contributed by atoms with Gasteiger partial charge in [-0.05, 0) is 23.8 Å². The van der Waals surface area contributed by atoms with Crippen molar-refractivity contribution in [2.24, 2.45) is 0 Å². The number of hydrogen-bond donors (Lipinski definition) is 1. The third-order valence-electron chi connectivity index (χ3n) is 2.47. The second kappa shape index (κ2) is 5.46. The molecule has 0 fully saturated rings. The SMILES string of the molecule is OCc1ccc(OC(F)(F)F)c(-c2cncc(F)c2)c1. The van der Waals surface area contributed by atoms with Gasteiger partial charge in [0.15, 0.2) is 0 Å². The predicted octanol–water partition coefficient (Wildman–Crippen LogP) is 3.28. The van der Waals surface area contributed by atoms with Crippen LogP contribution in [0.2, 0.25) is 0 Å². The monoisotopic (exact) mass is 287 g/mol. The Balaban J connectivity index is 2.53. The molecular weight excluding hydrogens is 278 g/mol. The van der Waals surface area contributed by atoms with Crippen molar-refractivity contribution < 1.29 is 27.4 Å². The number of pyridine rings is 1. The number of benzene rings is 1. The fraction of sp³-hybridized carbons (Fsp3) is 0.154. The first-order valence-corrected chi connectivity index (χ1v) is 5.49. The van der Waals surface area contributed by atoms with Crippen LogP contribution in [0.1, 0.15) is 5.56 Å². The first kappa shape index (κ1) is 14.3. The Kier molecular flexibility index (Phi) is 3.89. The van der Waals surface area contributed by atoms with Gasteiger partial charge in [0, 0.05) is 17.3 Å². The van der Waals surface area contributed by atoms with E-state index in [1.807, 2.05) is 0 Å². The summed E-state index contributed by atoms with van der Waals surface area (Å²) in [7, 11) is 0. The molecular formula is C13H9F4NO2. The van der Waals surface area contributed by atoms with Crippen LogP contribution in [0.15, 0.2) is 36.7 Å². The zero-order chi connectivity index (χ0) is 14.8. The van der Waals surface area contributed by atoms with Crippen LogP contribution in [0, 0.1) is 5.82 Å². The smallest absolute Gasteiger partial charge is 0.405 e. The van der Waals surface area contributed by atoms with Gasteiger partial charge in [-0.3, -0.25) is 4.98 Å². The third kappa shape index (κ3) is 3.45. The summed E-state index contributed by atoms with van der Waals surface area (Å²) < 4.78 is 54.0. The lowest BCUT2D eigenvalue weighted by atomic mass is 10.0. The maximum Gasteiger partial charge on any atom is 0.573 e. The molecule has 1 N–H and O–H groups in total. The first-order chi connectivity index (χ1) is 9.39. The van der Waals surface area contributed by atoms with Gasteiger partial charge in [-0.2, -0.15) is 0 Å². The summed E-state index contributed by atoms with van der Waals surface area (Å²) in [5.74, 6) is -1.17. The molecule has 0 atom stereocenters. The lowest BCUT2D eigenvalue weighted by molar-refractivity contribution is -0.274. The zero-order valence-electron chi connectivity index (χ0n) is 9.99. The van der Waals surface area contributed by atoms with Gasteiger partial charge in [0.25, 0.3) is 0 Å². The molecule has 0 saturated heterocycles. The Morgan fingerprint density at radius 2 is 1.90 bits per heavy atom. The van der Waals surface area contributed by atoms with E-state index in [0.29, 0.717) is 5.56 Å². The van der Waals surface area contributed by atoms with Crippen molar-refractivity contribution in [1.82, 2.24) is 4.98 Å². The predicted molar refractivity (Wildman–Crippen MR) is 62.2 cm³/mol. The number of aliphatic hydroxyl groups excluding tert-OH is 1. The van der Waals surface area contributed by atoms with Crippen LogP contribution in [0.25, 0.3) is 11.1 Å². The van der Waals surface area contributed by atoms with E-state index < -0.39 is 17.9 Å². The molecule has 0 radical (unpaired) electrons. The number of aliphatic hydroxyl groups is 1. The van der Waals surface area contributed by atoms with E-state index in [4.69, 9.17) is 5.11 Å². The van der Waals surface area contributed by atoms with Gasteiger partial charge in [0.1, 0.15) is 11.6 Å². The minimum Gasteiger partial charge on any atom is -0.405 e. The van der Waals surface area contributed by atoms with Crippen LogP contribution in [-0.2, 0) is 6.61 Å². The molecule has 1 aromatic heterocycles. The molecule has 7 heteroatoms. The van der Waals surface area contributed by atoms with E-state index in [1.165, 1.54) is 18.3 Å². The molecule has 106 valence electrons. The van der Waals surface area contributed by atoms with Crippen LogP contribution < -0.4 is 4.74 Å². The highest BCUT2D eigenvalue weighted by molar-refractivity contribution is 5.70. The van der Waals surface area contributed by atoms with Gasteiger partial charge in [0.05, 0.1) is 12.8 Å². The Morgan fingerprint density at radius 1 is 1.15 bits per heavy atom. The van der Waals surface area contributed by atoms with Crippen molar-refractivity contribution in [2.45, 2.75) is 13.0 Å². The number of rotatable bonds is 3. The van der Waals surface area contributed by atoms with Gasteiger partial charge < -0.3 is 9.84 Å². The molecule has 1 aromatic carbocycles. The molecule has 0 spiro atoms. The Labute approximate surface area is 111 Å². The molecule has 0 amide bonds. The molecule has 20 heavy (non-hydrogen) atoms. The standard InChI is InChI=1S/C13H9F4NO2/c14-10-4-9(5-18-6-10)11-3-8(7-19)1-2-12(11)20-13(15,16)17/h1-6,19H,7H2. The topological polar surface area (TPSA) is 42.4 Å². The van der Waals surface area contributed by atoms with Crippen molar-refractivity contribution in [3.05, 3.63) is 48.0 Å². The number of alkyl halides is 3. The largest absolute Gasteiger partial charge is 0.573 e. The van der Waals surface area contributed by atoms with E-state index in [9.17, 15) is 17.6 Å². The van der Waals surface area contributed by atoms with Crippen molar-refractivity contribution in [3.63, 3.8) is 0 Å². The van der Waals surface area contributed by atoms with E-state index >= 15 is 0 Å². The second-order valence-corrected chi connectivity index (χ2v) is 3.93. The van der Waals surface area contributed by atoms with Gasteiger partial charge in [-0.25, -0.2) is 4.39 Å². The highest BCUT2D eigenvalue weighted by atomic mass is 19.4. The molecule has 0 aliphatic rings. The molecule has 2 rings (SSSR count). The summed E-state index contributed by atoms with van der Waals surface area (Å²) in [6, 6.07) is 4.68. The van der Waals surface area contributed by atoms with Gasteiger partial charge in [-0.1, -0.05) is 6.07 Å². The summed E-state index contributed by atoms with van der Waals surface area (Å²) in [4.78, 5) is 3.58. The number of hydrogen-bond acceptors (Lipinski definition) is 3. The summed E-state index contributed by atoms with van der Waals surface area (Å²) in [6.07, 6.45) is -2.72. The minimum absolute atomic E-state index is 0.000810. The summed E-state index contributed by atoms with van der Waals surface area (Å²) in [5, 5.41) is 9.03. The molecule has 2 aromatic rings. The molecule has 1 heterocycles. The molecule has 0 saturated carbocycles. The average Bonchev–Trinajstić information content (AvgIpc) is 2.37. The van der Waals surface area contributed by atoms with E-state index in [-0.39, 0.29) is 17.7 Å². The zero-order valence-corrected chi connectivity index (χ0v) is 9.99. The highest BCUT2D eigenvalue weighted by Gasteiger charge is 2.32. The molecule has 0 unspecified atom stereocenters. The number of aromatic nitrogens is 1. The Hall–Kier alpha value is -2.15. The van der Waals surface area contributed by atoms with Crippen LogP contribution in [-0.4, -0.2) is 16.5 Å². The van der Waals surface area contributed by atoms with Crippen LogP contribution in [0.5, 0.6) is 5.75 Å². The van der Waals surface area contributed by atoms with Crippen LogP contribution >= 0.6 is 0 Å². The highest BCUT2D eigenvalue weighted by Crippen LogP contribution is 2.34. The Morgan fingerprint density at radius 3 is 2.50 bits per heavy atom. The fourth-order valence-electron chi connectivity index (χ4n) is 1.67. The quantitative estimate of drug-likeness (QED) is 0.881. The molecule has 0 bridgehead atoms. The number of ether oxygens (including phenoxy) is 1. The maximum atomic E-state index is 13.1. The van der Waals surface area contributed by atoms with Gasteiger partial charge >= 0.3 is 6.36 Å².